The zero-order valence-electron chi connectivity index (χ0n) is 18.1. The van der Waals surface area contributed by atoms with Crippen molar-refractivity contribution in [2.45, 2.75) is 33.2 Å². The standard InChI is InChI=1S/C24H29N3O.CO2/c1-17-6-8-19(9-7-17)15-27-12-10-20(11-13-27)16-28-23-5-3-4-22-24(23)21(25)14-18(2)26-22;2-1-3/h3-9,14,20H,10-13,15-16H2,1-2H3,(H2,25,26);. The van der Waals surface area contributed by atoms with Crippen molar-refractivity contribution in [3.8, 4) is 5.75 Å². The Labute approximate surface area is 183 Å². The largest absolute Gasteiger partial charge is 0.493 e. The van der Waals surface area contributed by atoms with Crippen molar-refractivity contribution in [2.75, 3.05) is 25.4 Å². The van der Waals surface area contributed by atoms with Crippen LogP contribution in [0.1, 0.15) is 29.7 Å². The molecule has 1 aliphatic heterocycles. The molecular formula is C25H29N3O3. The summed E-state index contributed by atoms with van der Waals surface area (Å²) in [7, 11) is 0. The molecule has 0 unspecified atom stereocenters. The van der Waals surface area contributed by atoms with Gasteiger partial charge in [0.15, 0.2) is 0 Å². The van der Waals surface area contributed by atoms with Crippen LogP contribution in [0.25, 0.3) is 10.9 Å². The van der Waals surface area contributed by atoms with E-state index in [-0.39, 0.29) is 6.15 Å². The summed E-state index contributed by atoms with van der Waals surface area (Å²) in [6.45, 7) is 8.13. The van der Waals surface area contributed by atoms with Gasteiger partial charge in [-0.15, -0.1) is 0 Å². The van der Waals surface area contributed by atoms with Crippen molar-refractivity contribution < 1.29 is 14.3 Å². The van der Waals surface area contributed by atoms with Crippen molar-refractivity contribution in [3.05, 3.63) is 65.4 Å². The number of rotatable bonds is 5. The summed E-state index contributed by atoms with van der Waals surface area (Å²) in [5.74, 6) is 1.44. The second kappa shape index (κ2) is 10.7. The minimum atomic E-state index is 0.250. The number of nitrogen functional groups attached to an aromatic ring is 1. The van der Waals surface area contributed by atoms with Crippen molar-refractivity contribution in [1.29, 1.82) is 0 Å². The van der Waals surface area contributed by atoms with Gasteiger partial charge in [0.1, 0.15) is 5.75 Å². The number of nitrogens with zero attached hydrogens (tertiary/aromatic N) is 2. The van der Waals surface area contributed by atoms with Gasteiger partial charge in [0.25, 0.3) is 0 Å². The molecule has 1 fully saturated rings. The van der Waals surface area contributed by atoms with Gasteiger partial charge in [-0.1, -0.05) is 35.9 Å². The van der Waals surface area contributed by atoms with Crippen molar-refractivity contribution in [1.82, 2.24) is 9.88 Å². The highest BCUT2D eigenvalue weighted by Gasteiger charge is 2.20. The number of carbonyl (C=O) groups excluding carboxylic acids is 2. The number of hydrogen-bond acceptors (Lipinski definition) is 6. The SMILES string of the molecule is Cc1ccc(CN2CCC(COc3cccc4nc(C)cc(N)c34)CC2)cc1.O=C=O. The van der Waals surface area contributed by atoms with E-state index in [2.05, 4.69) is 41.1 Å². The van der Waals surface area contributed by atoms with E-state index in [1.165, 1.54) is 24.0 Å². The van der Waals surface area contributed by atoms with E-state index < -0.39 is 0 Å². The summed E-state index contributed by atoms with van der Waals surface area (Å²) in [6.07, 6.45) is 2.59. The lowest BCUT2D eigenvalue weighted by Gasteiger charge is -2.32. The van der Waals surface area contributed by atoms with E-state index in [0.29, 0.717) is 5.92 Å². The third-order valence-electron chi connectivity index (χ3n) is 5.66. The molecule has 1 saturated heterocycles. The van der Waals surface area contributed by atoms with E-state index in [4.69, 9.17) is 20.1 Å². The van der Waals surface area contributed by atoms with Crippen LogP contribution in [0.4, 0.5) is 5.69 Å². The Hall–Kier alpha value is -3.21. The van der Waals surface area contributed by atoms with E-state index in [9.17, 15) is 0 Å². The van der Waals surface area contributed by atoms with Crippen LogP contribution in [0.15, 0.2) is 48.5 Å². The maximum absolute atomic E-state index is 8.12. The lowest BCUT2D eigenvalue weighted by atomic mass is 9.97. The summed E-state index contributed by atoms with van der Waals surface area (Å²) in [5.41, 5.74) is 11.5. The highest BCUT2D eigenvalue weighted by molar-refractivity contribution is 5.95. The molecular weight excluding hydrogens is 390 g/mol. The Balaban J connectivity index is 0.000000858. The minimum Gasteiger partial charge on any atom is -0.493 e. The molecule has 1 aliphatic rings. The number of pyridine rings is 1. The van der Waals surface area contributed by atoms with Crippen LogP contribution in [0, 0.1) is 19.8 Å². The van der Waals surface area contributed by atoms with Crippen LogP contribution in [0.5, 0.6) is 5.75 Å². The van der Waals surface area contributed by atoms with Gasteiger partial charge in [-0.05, 0) is 69.5 Å². The van der Waals surface area contributed by atoms with E-state index in [1.807, 2.05) is 31.2 Å². The van der Waals surface area contributed by atoms with Crippen molar-refractivity contribution in [3.63, 3.8) is 0 Å². The van der Waals surface area contributed by atoms with Crippen molar-refractivity contribution in [2.24, 2.45) is 5.92 Å². The summed E-state index contributed by atoms with van der Waals surface area (Å²) in [6, 6.07) is 16.8. The molecule has 2 N–H and O–H groups in total. The molecule has 0 radical (unpaired) electrons. The smallest absolute Gasteiger partial charge is 0.373 e. The van der Waals surface area contributed by atoms with E-state index in [0.717, 1.165) is 54.3 Å². The molecule has 2 heterocycles. The monoisotopic (exact) mass is 419 g/mol. The molecule has 0 saturated carbocycles. The fourth-order valence-electron chi connectivity index (χ4n) is 4.01. The number of likely N-dealkylation sites (tertiary alicyclic amines) is 1. The van der Waals surface area contributed by atoms with Crippen LogP contribution < -0.4 is 10.5 Å². The maximum Gasteiger partial charge on any atom is 0.373 e. The first kappa shape index (κ1) is 22.5. The molecule has 6 heteroatoms. The number of ether oxygens (including phenoxy) is 1. The Morgan fingerprint density at radius 1 is 1.10 bits per heavy atom. The van der Waals surface area contributed by atoms with Gasteiger partial charge in [-0.3, -0.25) is 9.88 Å². The Kier molecular flexibility index (Phi) is 7.76. The normalized spacial score (nSPS) is 14.5. The first-order chi connectivity index (χ1) is 15.0. The third-order valence-corrected chi connectivity index (χ3v) is 5.66. The van der Waals surface area contributed by atoms with Crippen LogP contribution >= 0.6 is 0 Å². The lowest BCUT2D eigenvalue weighted by Crippen LogP contribution is -2.35. The number of aromatic nitrogens is 1. The zero-order chi connectivity index (χ0) is 22.2. The van der Waals surface area contributed by atoms with Crippen molar-refractivity contribution >= 4 is 22.7 Å². The van der Waals surface area contributed by atoms with Gasteiger partial charge in [-0.2, -0.15) is 9.59 Å². The molecule has 2 aromatic carbocycles. The molecule has 0 atom stereocenters. The Bertz CT molecular complexity index is 1040. The number of benzene rings is 2. The quantitative estimate of drug-likeness (QED) is 0.669. The number of aryl methyl sites for hydroxylation is 2. The average Bonchev–Trinajstić information content (AvgIpc) is 2.75. The number of hydrogen-bond donors (Lipinski definition) is 1. The molecule has 31 heavy (non-hydrogen) atoms. The molecule has 6 nitrogen and oxygen atoms in total. The fourth-order valence-corrected chi connectivity index (χ4v) is 4.01. The predicted molar refractivity (Wildman–Crippen MR) is 121 cm³/mol. The van der Waals surface area contributed by atoms with Gasteiger partial charge in [0, 0.05) is 17.9 Å². The van der Waals surface area contributed by atoms with E-state index >= 15 is 0 Å². The Morgan fingerprint density at radius 3 is 2.45 bits per heavy atom. The highest BCUT2D eigenvalue weighted by atomic mass is 16.5. The maximum atomic E-state index is 8.12. The molecule has 0 spiro atoms. The summed E-state index contributed by atoms with van der Waals surface area (Å²) in [4.78, 5) is 23.4. The lowest BCUT2D eigenvalue weighted by molar-refractivity contribution is -0.191. The number of nitrogens with two attached hydrogens (primary N) is 1. The molecule has 4 rings (SSSR count). The highest BCUT2D eigenvalue weighted by Crippen LogP contribution is 2.31. The average molecular weight is 420 g/mol. The van der Waals surface area contributed by atoms with Gasteiger partial charge < -0.3 is 10.5 Å². The molecule has 0 amide bonds. The number of fused-ring (bicyclic) bond motifs is 1. The summed E-state index contributed by atoms with van der Waals surface area (Å²) in [5, 5.41) is 0.935. The molecule has 0 aliphatic carbocycles. The third kappa shape index (κ3) is 6.14. The second-order valence-corrected chi connectivity index (χ2v) is 8.10. The van der Waals surface area contributed by atoms with Crippen LogP contribution in [0.2, 0.25) is 0 Å². The summed E-state index contributed by atoms with van der Waals surface area (Å²) < 4.78 is 6.21. The molecule has 3 aromatic rings. The van der Waals surface area contributed by atoms with Crippen LogP contribution in [0.3, 0.4) is 0 Å². The van der Waals surface area contributed by atoms with Crippen LogP contribution in [-0.4, -0.2) is 35.7 Å². The Morgan fingerprint density at radius 2 is 1.77 bits per heavy atom. The number of anilines is 1. The first-order valence-corrected chi connectivity index (χ1v) is 10.6. The fraction of sp³-hybridized carbons (Fsp3) is 0.360. The zero-order valence-corrected chi connectivity index (χ0v) is 18.1. The molecule has 1 aromatic heterocycles. The predicted octanol–water partition coefficient (Wildman–Crippen LogP) is 4.14. The topological polar surface area (TPSA) is 85.5 Å². The summed E-state index contributed by atoms with van der Waals surface area (Å²) >= 11 is 0. The van der Waals surface area contributed by atoms with Gasteiger partial charge >= 0.3 is 6.15 Å². The molecule has 162 valence electrons. The van der Waals surface area contributed by atoms with E-state index in [1.54, 1.807) is 0 Å². The first-order valence-electron chi connectivity index (χ1n) is 10.6. The van der Waals surface area contributed by atoms with Gasteiger partial charge in [0.05, 0.1) is 17.5 Å². The van der Waals surface area contributed by atoms with Gasteiger partial charge in [0.2, 0.25) is 0 Å². The van der Waals surface area contributed by atoms with Gasteiger partial charge in [-0.25, -0.2) is 0 Å². The molecule has 0 bridgehead atoms. The van der Waals surface area contributed by atoms with Crippen LogP contribution in [-0.2, 0) is 16.1 Å². The minimum absolute atomic E-state index is 0.250. The second-order valence-electron chi connectivity index (χ2n) is 8.10. The number of piperidine rings is 1.